The van der Waals surface area contributed by atoms with Crippen molar-refractivity contribution in [3.05, 3.63) is 0 Å². The van der Waals surface area contributed by atoms with E-state index in [1.165, 1.54) is 0 Å². The van der Waals surface area contributed by atoms with E-state index in [1.807, 2.05) is 10.1 Å². The number of hydroxylamine groups is 2. The Bertz CT molecular complexity index is 289. The smallest absolute Gasteiger partial charge is 0.293 e. The molecule has 6 heteroatoms. The number of quaternary nitrogens is 1. The van der Waals surface area contributed by atoms with Crippen LogP contribution in [0.3, 0.4) is 0 Å². The summed E-state index contributed by atoms with van der Waals surface area (Å²) in [5.41, 5.74) is 0. The van der Waals surface area contributed by atoms with E-state index >= 15 is 0 Å². The minimum Gasteiger partial charge on any atom is -0.293 e. The number of urea groups is 1. The van der Waals surface area contributed by atoms with Crippen LogP contribution < -0.4 is 5.32 Å². The molecule has 0 aromatic carbocycles. The average molecular weight is 227 g/mol. The van der Waals surface area contributed by atoms with E-state index in [-0.39, 0.29) is 0 Å². The van der Waals surface area contributed by atoms with Gasteiger partial charge in [-0.2, -0.15) is 9.86 Å². The van der Waals surface area contributed by atoms with Gasteiger partial charge in [0.1, 0.15) is 6.73 Å². The number of carbonyl (C=O) groups is 1. The van der Waals surface area contributed by atoms with Crippen molar-refractivity contribution in [2.24, 2.45) is 0 Å². The second-order valence-corrected chi connectivity index (χ2v) is 4.69. The number of hydrogen-bond acceptors (Lipinski definition) is 4. The zero-order chi connectivity index (χ0) is 11.0. The molecule has 90 valence electrons. The molecule has 3 heterocycles. The molecular weight excluding hydrogens is 208 g/mol. The lowest BCUT2D eigenvalue weighted by Crippen LogP contribution is -2.21. The van der Waals surface area contributed by atoms with Crippen LogP contribution in [0.1, 0.15) is 12.8 Å². The second-order valence-electron chi connectivity index (χ2n) is 4.69. The van der Waals surface area contributed by atoms with E-state index in [9.17, 15) is 4.79 Å². The zero-order valence-corrected chi connectivity index (χ0v) is 9.52. The number of hydrogen-bond donors (Lipinski definition) is 1. The molecule has 3 fully saturated rings. The van der Waals surface area contributed by atoms with Crippen LogP contribution in [0, 0.1) is 0 Å². The van der Waals surface area contributed by atoms with Gasteiger partial charge >= 0.3 is 6.03 Å². The highest BCUT2D eigenvalue weighted by Gasteiger charge is 2.75. The largest absolute Gasteiger partial charge is 0.488 e. The van der Waals surface area contributed by atoms with Crippen LogP contribution in [0.5, 0.6) is 0 Å². The fourth-order valence-corrected chi connectivity index (χ4v) is 2.01. The number of unbranched alkanes of at least 4 members (excludes halogenated alkanes) is 1. The van der Waals surface area contributed by atoms with Crippen LogP contribution in [0.15, 0.2) is 0 Å². The van der Waals surface area contributed by atoms with Crippen molar-refractivity contribution in [3.8, 4) is 0 Å². The van der Waals surface area contributed by atoms with Gasteiger partial charge < -0.3 is 0 Å². The van der Waals surface area contributed by atoms with Crippen molar-refractivity contribution in [3.63, 3.8) is 0 Å². The molecule has 3 aliphatic rings. The van der Waals surface area contributed by atoms with Crippen molar-refractivity contribution < 1.29 is 14.2 Å². The molecular formula is C10H19N4O2+. The van der Waals surface area contributed by atoms with E-state index in [2.05, 4.69) is 5.32 Å². The fourth-order valence-electron chi connectivity index (χ4n) is 2.01. The maximum absolute atomic E-state index is 11.3. The summed E-state index contributed by atoms with van der Waals surface area (Å²) in [6.45, 7) is 6.73. The Morgan fingerprint density at radius 3 is 2.75 bits per heavy atom. The molecule has 2 amide bonds. The van der Waals surface area contributed by atoms with Gasteiger partial charge in [0.2, 0.25) is 0 Å². The third kappa shape index (κ3) is 2.06. The lowest BCUT2D eigenvalue weighted by Gasteiger charge is -2.04. The monoisotopic (exact) mass is 227 g/mol. The van der Waals surface area contributed by atoms with Gasteiger partial charge in [-0.15, -0.1) is 9.60 Å². The fraction of sp³-hybridized carbons (Fsp3) is 0.900. The molecule has 0 radical (unpaired) electrons. The summed E-state index contributed by atoms with van der Waals surface area (Å²) >= 11 is 0. The van der Waals surface area contributed by atoms with Crippen LogP contribution in [0.2, 0.25) is 0 Å². The lowest BCUT2D eigenvalue weighted by molar-refractivity contribution is -0.702. The minimum atomic E-state index is 0.331. The molecule has 6 nitrogen and oxygen atoms in total. The Hall–Kier alpha value is -0.690. The van der Waals surface area contributed by atoms with Crippen molar-refractivity contribution in [2.75, 3.05) is 46.0 Å². The molecule has 0 saturated carbocycles. The van der Waals surface area contributed by atoms with Crippen molar-refractivity contribution in [1.29, 1.82) is 0 Å². The zero-order valence-electron chi connectivity index (χ0n) is 9.52. The molecule has 0 aromatic heterocycles. The SMILES string of the molecule is O=C1N(CCCCNCON2CC2)[N+]12CC2. The predicted octanol–water partition coefficient (Wildman–Crippen LogP) is -0.258. The highest BCUT2D eigenvalue weighted by molar-refractivity contribution is 5.77. The van der Waals surface area contributed by atoms with Gasteiger partial charge in [-0.1, -0.05) is 0 Å². The van der Waals surface area contributed by atoms with Gasteiger partial charge in [0.05, 0.1) is 6.54 Å². The summed E-state index contributed by atoms with van der Waals surface area (Å²) in [5.74, 6) is 0. The quantitative estimate of drug-likeness (QED) is 0.269. The Morgan fingerprint density at radius 1 is 1.31 bits per heavy atom. The van der Waals surface area contributed by atoms with E-state index < -0.39 is 0 Å². The summed E-state index contributed by atoms with van der Waals surface area (Å²) < 4.78 is 0.672. The summed E-state index contributed by atoms with van der Waals surface area (Å²) in [6, 6.07) is 0.331. The van der Waals surface area contributed by atoms with E-state index in [4.69, 9.17) is 4.84 Å². The topological polar surface area (TPSA) is 44.4 Å². The van der Waals surface area contributed by atoms with E-state index in [1.54, 1.807) is 0 Å². The molecule has 0 aromatic rings. The van der Waals surface area contributed by atoms with Crippen molar-refractivity contribution in [1.82, 2.24) is 15.4 Å². The molecule has 0 aliphatic carbocycles. The maximum Gasteiger partial charge on any atom is 0.488 e. The Labute approximate surface area is 95.2 Å². The molecule has 1 spiro atoms. The van der Waals surface area contributed by atoms with Gasteiger partial charge in [0.15, 0.2) is 13.1 Å². The highest BCUT2D eigenvalue weighted by atomic mass is 16.7. The predicted molar refractivity (Wildman–Crippen MR) is 56.9 cm³/mol. The highest BCUT2D eigenvalue weighted by Crippen LogP contribution is 2.41. The van der Waals surface area contributed by atoms with Gasteiger partial charge in [-0.3, -0.25) is 10.2 Å². The van der Waals surface area contributed by atoms with Gasteiger partial charge in [-0.25, -0.2) is 0 Å². The van der Waals surface area contributed by atoms with Crippen LogP contribution in [0.4, 0.5) is 4.79 Å². The first kappa shape index (κ1) is 10.5. The number of nitrogens with zero attached hydrogens (tertiary/aromatic N) is 3. The average Bonchev–Trinajstić information content (AvgIpc) is 3.15. The normalized spacial score (nSPS) is 25.2. The van der Waals surface area contributed by atoms with Crippen LogP contribution in [-0.2, 0) is 4.84 Å². The molecule has 3 aliphatic heterocycles. The summed E-state index contributed by atoms with van der Waals surface area (Å²) in [7, 11) is 0. The van der Waals surface area contributed by atoms with Gasteiger partial charge in [0, 0.05) is 13.1 Å². The first-order valence-electron chi connectivity index (χ1n) is 6.11. The number of nitrogens with one attached hydrogen (secondary N) is 1. The first-order valence-corrected chi connectivity index (χ1v) is 6.11. The van der Waals surface area contributed by atoms with Crippen LogP contribution >= 0.6 is 0 Å². The van der Waals surface area contributed by atoms with Crippen molar-refractivity contribution >= 4 is 6.03 Å². The third-order valence-corrected chi connectivity index (χ3v) is 3.38. The lowest BCUT2D eigenvalue weighted by atomic mass is 10.3. The summed E-state index contributed by atoms with van der Waals surface area (Å²) in [5, 5.41) is 7.13. The van der Waals surface area contributed by atoms with Gasteiger partial charge in [0.25, 0.3) is 0 Å². The Balaban J connectivity index is 1.16. The number of amides is 2. The van der Waals surface area contributed by atoms with Crippen LogP contribution in [-0.4, -0.2) is 66.7 Å². The molecule has 1 N–H and O–H groups in total. The third-order valence-electron chi connectivity index (χ3n) is 3.38. The van der Waals surface area contributed by atoms with E-state index in [0.717, 1.165) is 52.1 Å². The Kier molecular flexibility index (Phi) is 2.59. The second kappa shape index (κ2) is 3.96. The first-order chi connectivity index (χ1) is 7.83. The number of carbonyl (C=O) groups excluding carboxylic acids is 1. The molecule has 16 heavy (non-hydrogen) atoms. The Morgan fingerprint density at radius 2 is 2.12 bits per heavy atom. The number of rotatable bonds is 8. The minimum absolute atomic E-state index is 0.331. The van der Waals surface area contributed by atoms with Gasteiger partial charge in [-0.05, 0) is 19.4 Å². The summed E-state index contributed by atoms with van der Waals surface area (Å²) in [6.07, 6.45) is 2.19. The molecule has 3 rings (SSSR count). The molecule has 3 saturated heterocycles. The summed E-state index contributed by atoms with van der Waals surface area (Å²) in [4.78, 5) is 16.6. The van der Waals surface area contributed by atoms with Crippen LogP contribution in [0.25, 0.3) is 0 Å². The maximum atomic E-state index is 11.3. The molecule has 0 bridgehead atoms. The van der Waals surface area contributed by atoms with E-state index in [0.29, 0.717) is 17.4 Å². The molecule has 0 unspecified atom stereocenters. The standard InChI is InChI=1S/C10H19N4O2/c15-10-13(14(10)7-8-14)4-2-1-3-11-9-16-12-5-6-12/h11H,1-9H2/q+1. The van der Waals surface area contributed by atoms with Crippen molar-refractivity contribution in [2.45, 2.75) is 12.8 Å². The molecule has 0 atom stereocenters.